The van der Waals surface area contributed by atoms with Crippen LogP contribution in [0, 0.1) is 10.8 Å². The summed E-state index contributed by atoms with van der Waals surface area (Å²) in [6, 6.07) is 6.22. The zero-order chi connectivity index (χ0) is 23.9. The molecular weight excluding hydrogens is 427 g/mol. The third kappa shape index (κ3) is 6.41. The van der Waals surface area contributed by atoms with Gasteiger partial charge in [-0.25, -0.2) is 5.84 Å². The fourth-order valence-electron chi connectivity index (χ4n) is 2.57. The average molecular weight is 451 g/mol. The number of nitrogens with zero attached hydrogens (tertiary/aromatic N) is 2. The molecule has 0 radical (unpaired) electrons. The quantitative estimate of drug-likeness (QED) is 0.171. The maximum Gasteiger partial charge on any atom is 0.416 e. The van der Waals surface area contributed by atoms with Crippen LogP contribution < -0.4 is 21.3 Å². The van der Waals surface area contributed by atoms with Crippen LogP contribution in [0.5, 0.6) is 5.88 Å². The van der Waals surface area contributed by atoms with Gasteiger partial charge in [0, 0.05) is 18.3 Å². The second kappa shape index (κ2) is 10.6. The second-order valence-electron chi connectivity index (χ2n) is 6.67. The van der Waals surface area contributed by atoms with E-state index in [0.29, 0.717) is 28.2 Å². The van der Waals surface area contributed by atoms with E-state index in [2.05, 4.69) is 20.9 Å². The fraction of sp³-hybridized carbons (Fsp3) is 0.300. The molecule has 0 saturated carbocycles. The first-order valence-electron chi connectivity index (χ1n) is 9.35. The number of hydrogen-bond donors (Lipinski definition) is 5. The van der Waals surface area contributed by atoms with Crippen LogP contribution in [0.4, 0.5) is 19.0 Å². The molecule has 172 valence electrons. The van der Waals surface area contributed by atoms with Crippen LogP contribution in [0.1, 0.15) is 36.1 Å². The van der Waals surface area contributed by atoms with Crippen LogP contribution in [0.2, 0.25) is 0 Å². The number of oxime groups is 1. The summed E-state index contributed by atoms with van der Waals surface area (Å²) in [5, 5.41) is 22.4. The van der Waals surface area contributed by atoms with Crippen molar-refractivity contribution in [2.75, 3.05) is 19.0 Å². The lowest BCUT2D eigenvalue weighted by Gasteiger charge is -2.15. The molecule has 0 amide bonds. The van der Waals surface area contributed by atoms with E-state index in [9.17, 15) is 13.2 Å². The van der Waals surface area contributed by atoms with Crippen LogP contribution in [-0.2, 0) is 17.6 Å². The van der Waals surface area contributed by atoms with Gasteiger partial charge in [-0.3, -0.25) is 5.41 Å². The van der Waals surface area contributed by atoms with Crippen molar-refractivity contribution < 1.29 is 22.7 Å². The number of nitrogens with two attached hydrogens (primary N) is 1. The Hall–Kier alpha value is -3.67. The molecule has 0 aliphatic carbocycles. The topological polar surface area (TPSA) is 141 Å². The number of hydrazine groups is 1. The van der Waals surface area contributed by atoms with Crippen LogP contribution in [0.3, 0.4) is 0 Å². The second-order valence-corrected chi connectivity index (χ2v) is 6.67. The number of nitrogens with one attached hydrogen (secondary N) is 4. The van der Waals surface area contributed by atoms with Gasteiger partial charge in [0.1, 0.15) is 24.9 Å². The van der Waals surface area contributed by atoms with Crippen LogP contribution >= 0.6 is 0 Å². The Labute approximate surface area is 182 Å². The van der Waals surface area contributed by atoms with Crippen molar-refractivity contribution in [2.45, 2.75) is 26.6 Å². The number of halogens is 3. The van der Waals surface area contributed by atoms with Gasteiger partial charge in [-0.1, -0.05) is 17.3 Å². The van der Waals surface area contributed by atoms with E-state index in [1.807, 2.05) is 0 Å². The number of ether oxygens (including phenoxy) is 1. The Morgan fingerprint density at radius 2 is 1.81 bits per heavy atom. The Morgan fingerprint density at radius 3 is 2.34 bits per heavy atom. The number of hydrogen-bond acceptors (Lipinski definition) is 8. The zero-order valence-corrected chi connectivity index (χ0v) is 17.7. The lowest BCUT2D eigenvalue weighted by molar-refractivity contribution is -0.137. The summed E-state index contributed by atoms with van der Waals surface area (Å²) in [5.41, 5.74) is 3.47. The van der Waals surface area contributed by atoms with Gasteiger partial charge in [0.25, 0.3) is 0 Å². The van der Waals surface area contributed by atoms with Gasteiger partial charge in [-0.2, -0.15) is 18.2 Å². The molecule has 1 aromatic heterocycles. The van der Waals surface area contributed by atoms with E-state index in [1.54, 1.807) is 27.0 Å². The highest BCUT2D eigenvalue weighted by Gasteiger charge is 2.29. The minimum absolute atomic E-state index is 0.0497. The highest BCUT2D eigenvalue weighted by molar-refractivity contribution is 6.06. The third-order valence-electron chi connectivity index (χ3n) is 4.26. The highest BCUT2D eigenvalue weighted by atomic mass is 19.4. The number of alkyl halides is 3. The number of aromatic nitrogens is 1. The van der Waals surface area contributed by atoms with Gasteiger partial charge >= 0.3 is 6.18 Å². The van der Waals surface area contributed by atoms with Crippen LogP contribution in [0.15, 0.2) is 35.5 Å². The Bertz CT molecular complexity index is 1010. The Kier molecular flexibility index (Phi) is 8.13. The van der Waals surface area contributed by atoms with Crippen molar-refractivity contribution in [2.24, 2.45) is 11.0 Å². The largest absolute Gasteiger partial charge is 0.469 e. The van der Waals surface area contributed by atoms with Gasteiger partial charge in [0.15, 0.2) is 0 Å². The summed E-state index contributed by atoms with van der Waals surface area (Å²) >= 11 is 0. The molecule has 12 heteroatoms. The van der Waals surface area contributed by atoms with E-state index in [0.717, 1.165) is 12.1 Å². The molecule has 1 aromatic carbocycles. The first-order valence-corrected chi connectivity index (χ1v) is 9.35. The molecule has 6 N–H and O–H groups in total. The fourth-order valence-corrected chi connectivity index (χ4v) is 2.57. The molecule has 0 aliphatic rings. The minimum Gasteiger partial charge on any atom is -0.469 e. The van der Waals surface area contributed by atoms with Gasteiger partial charge in [0.2, 0.25) is 5.88 Å². The van der Waals surface area contributed by atoms with Crippen molar-refractivity contribution in [1.82, 2.24) is 10.4 Å². The number of rotatable bonds is 9. The molecule has 2 aromatic rings. The molecule has 0 fully saturated rings. The smallest absolute Gasteiger partial charge is 0.416 e. The highest BCUT2D eigenvalue weighted by Crippen LogP contribution is 2.29. The summed E-state index contributed by atoms with van der Waals surface area (Å²) < 4.78 is 43.6. The van der Waals surface area contributed by atoms with E-state index >= 15 is 0 Å². The SMILES string of the molecule is CNc1nc(OCC(=N)NN)c(/C(C)=N/OCc2ccc(C(F)(F)F)cc2)cc1C(C)=N. The van der Waals surface area contributed by atoms with E-state index < -0.39 is 11.7 Å². The maximum absolute atomic E-state index is 12.7. The Balaban J connectivity index is 2.26. The molecule has 0 spiro atoms. The summed E-state index contributed by atoms with van der Waals surface area (Å²) in [6.45, 7) is 3.00. The average Bonchev–Trinajstić information content (AvgIpc) is 2.76. The van der Waals surface area contributed by atoms with E-state index in [-0.39, 0.29) is 30.6 Å². The molecule has 1 heterocycles. The van der Waals surface area contributed by atoms with Crippen LogP contribution in [-0.4, -0.2) is 35.9 Å². The molecule has 0 unspecified atom stereocenters. The predicted molar refractivity (Wildman–Crippen MR) is 115 cm³/mol. The standard InChI is InChI=1S/C20H24F3N7O2/c1-11(24)15-8-16(19(28-18(15)27-3)31-10-17(25)29-26)12(2)30-32-9-13-4-6-14(7-5-13)20(21,22)23/h4-8,24H,9-10,26H2,1-3H3,(H2,25,29)(H,27,28)/b24-11?,30-12+. The Morgan fingerprint density at radius 1 is 1.16 bits per heavy atom. The van der Waals surface area contributed by atoms with Gasteiger partial charge < -0.3 is 25.7 Å². The third-order valence-corrected chi connectivity index (χ3v) is 4.26. The van der Waals surface area contributed by atoms with Crippen molar-refractivity contribution in [3.05, 3.63) is 52.6 Å². The summed E-state index contributed by atoms with van der Waals surface area (Å²) in [7, 11) is 1.65. The minimum atomic E-state index is -4.41. The monoisotopic (exact) mass is 451 g/mol. The molecule has 9 nitrogen and oxygen atoms in total. The molecule has 0 atom stereocenters. The molecule has 0 saturated heterocycles. The molecular formula is C20H24F3N7O2. The lowest BCUT2D eigenvalue weighted by atomic mass is 10.1. The van der Waals surface area contributed by atoms with E-state index in [4.69, 9.17) is 26.2 Å². The first kappa shape index (κ1) is 24.6. The van der Waals surface area contributed by atoms with Crippen molar-refractivity contribution >= 4 is 23.1 Å². The lowest BCUT2D eigenvalue weighted by Crippen LogP contribution is -2.34. The number of anilines is 1. The summed E-state index contributed by atoms with van der Waals surface area (Å²) in [5.74, 6) is 5.65. The van der Waals surface area contributed by atoms with Gasteiger partial charge in [-0.15, -0.1) is 0 Å². The van der Waals surface area contributed by atoms with Gasteiger partial charge in [-0.05, 0) is 37.6 Å². The van der Waals surface area contributed by atoms with E-state index in [1.165, 1.54) is 12.1 Å². The first-order chi connectivity index (χ1) is 15.1. The predicted octanol–water partition coefficient (Wildman–Crippen LogP) is 3.29. The maximum atomic E-state index is 12.7. The number of amidine groups is 1. The van der Waals surface area contributed by atoms with Crippen LogP contribution in [0.25, 0.3) is 0 Å². The zero-order valence-electron chi connectivity index (χ0n) is 17.7. The molecule has 0 bridgehead atoms. The van der Waals surface area contributed by atoms with Crippen molar-refractivity contribution in [3.63, 3.8) is 0 Å². The molecule has 32 heavy (non-hydrogen) atoms. The molecule has 2 rings (SSSR count). The van der Waals surface area contributed by atoms with Crippen molar-refractivity contribution in [1.29, 1.82) is 10.8 Å². The summed E-state index contributed by atoms with van der Waals surface area (Å²) in [4.78, 5) is 9.66. The number of benzene rings is 1. The normalized spacial score (nSPS) is 11.7. The number of pyridine rings is 1. The van der Waals surface area contributed by atoms with Gasteiger partial charge in [0.05, 0.1) is 16.8 Å². The summed E-state index contributed by atoms with van der Waals surface area (Å²) in [6.07, 6.45) is -4.41. The van der Waals surface area contributed by atoms with Crippen molar-refractivity contribution in [3.8, 4) is 5.88 Å². The molecule has 0 aliphatic heterocycles.